The van der Waals surface area contributed by atoms with Crippen molar-refractivity contribution in [3.8, 4) is 0 Å². The van der Waals surface area contributed by atoms with Crippen molar-refractivity contribution in [3.05, 3.63) is 23.8 Å². The number of rotatable bonds is 3. The van der Waals surface area contributed by atoms with Crippen molar-refractivity contribution in [2.24, 2.45) is 5.92 Å². The number of carbonyl (C=O) groups excluding carboxylic acids is 3. The van der Waals surface area contributed by atoms with Gasteiger partial charge < -0.3 is 23.7 Å². The van der Waals surface area contributed by atoms with E-state index < -0.39 is 53.3 Å². The molecule has 0 radical (unpaired) electrons. The van der Waals surface area contributed by atoms with E-state index in [0.717, 1.165) is 5.57 Å². The third-order valence-corrected chi connectivity index (χ3v) is 6.78. The summed E-state index contributed by atoms with van der Waals surface area (Å²) in [6.07, 6.45) is 0.384. The van der Waals surface area contributed by atoms with E-state index in [1.165, 1.54) is 6.92 Å². The Morgan fingerprint density at radius 3 is 2.50 bits per heavy atom. The van der Waals surface area contributed by atoms with E-state index in [2.05, 4.69) is 6.58 Å². The van der Waals surface area contributed by atoms with Gasteiger partial charge in [0, 0.05) is 25.3 Å². The lowest BCUT2D eigenvalue weighted by molar-refractivity contribution is -0.159. The molecule has 0 spiro atoms. The second kappa shape index (κ2) is 6.92. The molecule has 0 saturated carbocycles. The third-order valence-electron chi connectivity index (χ3n) is 6.78. The van der Waals surface area contributed by atoms with Crippen LogP contribution in [-0.4, -0.2) is 59.6 Å². The summed E-state index contributed by atoms with van der Waals surface area (Å²) in [5, 5.41) is 0. The maximum Gasteiger partial charge on any atom is 0.341 e. The molecule has 3 heterocycles. The summed E-state index contributed by atoms with van der Waals surface area (Å²) in [7, 11) is 0. The highest BCUT2D eigenvalue weighted by atomic mass is 16.7. The predicted octanol–water partition coefficient (Wildman–Crippen LogP) is 2.00. The molecule has 8 atom stereocenters. The van der Waals surface area contributed by atoms with Crippen LogP contribution in [0.25, 0.3) is 0 Å². The van der Waals surface area contributed by atoms with Gasteiger partial charge in [0.1, 0.15) is 18.3 Å². The van der Waals surface area contributed by atoms with Gasteiger partial charge in [0.15, 0.2) is 5.60 Å². The summed E-state index contributed by atoms with van der Waals surface area (Å²) in [6.45, 7) is 12.5. The molecule has 3 saturated heterocycles. The molecule has 0 aromatic carbocycles. The zero-order valence-electron chi connectivity index (χ0n) is 17.9. The summed E-state index contributed by atoms with van der Waals surface area (Å²) >= 11 is 0. The van der Waals surface area contributed by atoms with Gasteiger partial charge in [-0.25, -0.2) is 9.59 Å². The fraction of sp³-hybridized carbons (Fsp3) is 0.682. The molecule has 1 aliphatic carbocycles. The lowest BCUT2D eigenvalue weighted by Gasteiger charge is -2.30. The SMILES string of the molecule is C=C1C(=O)O[C@@H]2/C=C(/C)[C@@H](OC(C)=O)C[C@H]3O[C@]3(C)C[C@@H](OC(=O)[C@]3(C)O[C@H]3C)[C@@H]12. The molecule has 4 aliphatic rings. The quantitative estimate of drug-likeness (QED) is 0.225. The van der Waals surface area contributed by atoms with Crippen LogP contribution in [-0.2, 0) is 38.1 Å². The molecule has 8 heteroatoms. The first-order valence-corrected chi connectivity index (χ1v) is 10.3. The third kappa shape index (κ3) is 3.56. The molecule has 3 aliphatic heterocycles. The maximum absolute atomic E-state index is 12.8. The highest BCUT2D eigenvalue weighted by molar-refractivity contribution is 5.91. The average Bonchev–Trinajstić information content (AvgIpc) is 3.43. The number of carbonyl (C=O) groups is 3. The second-order valence-corrected chi connectivity index (χ2v) is 9.10. The molecule has 0 aromatic heterocycles. The Bertz CT molecular complexity index is 846. The van der Waals surface area contributed by atoms with Crippen LogP contribution in [0.4, 0.5) is 0 Å². The summed E-state index contributed by atoms with van der Waals surface area (Å²) in [5.41, 5.74) is -0.554. The Hall–Kier alpha value is -2.19. The van der Waals surface area contributed by atoms with Crippen molar-refractivity contribution in [2.75, 3.05) is 0 Å². The van der Waals surface area contributed by atoms with Crippen molar-refractivity contribution < 1.29 is 38.1 Å². The number of hydrogen-bond acceptors (Lipinski definition) is 8. The van der Waals surface area contributed by atoms with Crippen molar-refractivity contribution in [1.82, 2.24) is 0 Å². The fourth-order valence-electron chi connectivity index (χ4n) is 4.48. The van der Waals surface area contributed by atoms with E-state index in [-0.39, 0.29) is 17.8 Å². The van der Waals surface area contributed by atoms with Gasteiger partial charge in [-0.1, -0.05) is 6.58 Å². The predicted molar refractivity (Wildman–Crippen MR) is 103 cm³/mol. The Balaban J connectivity index is 1.67. The van der Waals surface area contributed by atoms with Crippen molar-refractivity contribution in [1.29, 1.82) is 0 Å². The van der Waals surface area contributed by atoms with Gasteiger partial charge in [0.25, 0.3) is 0 Å². The highest BCUT2D eigenvalue weighted by Gasteiger charge is 2.61. The first kappa shape index (κ1) is 21.1. The Labute approximate surface area is 175 Å². The number of esters is 3. The molecule has 0 amide bonds. The minimum atomic E-state index is -0.980. The average molecular weight is 420 g/mol. The van der Waals surface area contributed by atoms with Crippen LogP contribution >= 0.6 is 0 Å². The molecular formula is C22H28O8. The zero-order valence-corrected chi connectivity index (χ0v) is 17.9. The van der Waals surface area contributed by atoms with E-state index in [9.17, 15) is 14.4 Å². The molecular weight excluding hydrogens is 392 g/mol. The van der Waals surface area contributed by atoms with Crippen molar-refractivity contribution in [3.63, 3.8) is 0 Å². The van der Waals surface area contributed by atoms with Crippen LogP contribution in [0.3, 0.4) is 0 Å². The Morgan fingerprint density at radius 1 is 1.23 bits per heavy atom. The minimum Gasteiger partial charge on any atom is -0.459 e. The van der Waals surface area contributed by atoms with Gasteiger partial charge in [0.2, 0.25) is 0 Å². The number of hydrogen-bond donors (Lipinski definition) is 0. The monoisotopic (exact) mass is 420 g/mol. The fourth-order valence-corrected chi connectivity index (χ4v) is 4.48. The second-order valence-electron chi connectivity index (χ2n) is 9.10. The van der Waals surface area contributed by atoms with E-state index in [1.54, 1.807) is 19.9 Å². The van der Waals surface area contributed by atoms with E-state index >= 15 is 0 Å². The number of fused-ring (bicyclic) bond motifs is 2. The molecule has 0 N–H and O–H groups in total. The van der Waals surface area contributed by atoms with Crippen LogP contribution in [0.15, 0.2) is 23.8 Å². The lowest BCUT2D eigenvalue weighted by atomic mass is 9.82. The van der Waals surface area contributed by atoms with Gasteiger partial charge in [-0.2, -0.15) is 0 Å². The molecule has 30 heavy (non-hydrogen) atoms. The maximum atomic E-state index is 12.8. The first-order chi connectivity index (χ1) is 13.9. The van der Waals surface area contributed by atoms with Crippen LogP contribution < -0.4 is 0 Å². The summed E-state index contributed by atoms with van der Waals surface area (Å²) in [5.74, 6) is -1.96. The van der Waals surface area contributed by atoms with Gasteiger partial charge in [-0.05, 0) is 39.3 Å². The summed E-state index contributed by atoms with van der Waals surface area (Å²) in [6, 6.07) is 0. The smallest absolute Gasteiger partial charge is 0.341 e. The number of ether oxygens (including phenoxy) is 5. The van der Waals surface area contributed by atoms with Crippen LogP contribution in [0.5, 0.6) is 0 Å². The standard InChI is InChI=1S/C22H28O8/c1-10-7-15-18(11(2)19(24)27-15)16(28-20(25)22(6)12(3)29-22)9-21(5)17(30-21)8-14(10)26-13(4)23/h7,12,14-18H,2,8-9H2,1,3-6H3/b10-7-/t12-,14-,15+,16+,17+,18-,21+,22+/m0/s1. The Morgan fingerprint density at radius 2 is 1.90 bits per heavy atom. The van der Waals surface area contributed by atoms with E-state index in [1.807, 2.05) is 13.8 Å². The highest BCUT2D eigenvalue weighted by Crippen LogP contribution is 2.49. The lowest BCUT2D eigenvalue weighted by Crippen LogP contribution is -2.40. The largest absolute Gasteiger partial charge is 0.459 e. The summed E-state index contributed by atoms with van der Waals surface area (Å²) in [4.78, 5) is 36.7. The van der Waals surface area contributed by atoms with Crippen molar-refractivity contribution in [2.45, 2.75) is 89.2 Å². The van der Waals surface area contributed by atoms with E-state index in [0.29, 0.717) is 12.8 Å². The normalized spacial score (nSPS) is 46.5. The molecule has 4 rings (SSSR count). The molecule has 3 fully saturated rings. The van der Waals surface area contributed by atoms with Crippen LogP contribution in [0, 0.1) is 5.92 Å². The molecule has 0 aromatic rings. The van der Waals surface area contributed by atoms with E-state index in [4.69, 9.17) is 23.7 Å². The molecule has 8 nitrogen and oxygen atoms in total. The van der Waals surface area contributed by atoms with Gasteiger partial charge in [-0.3, -0.25) is 4.79 Å². The molecule has 0 bridgehead atoms. The van der Waals surface area contributed by atoms with Crippen LogP contribution in [0.2, 0.25) is 0 Å². The van der Waals surface area contributed by atoms with Gasteiger partial charge in [-0.15, -0.1) is 0 Å². The van der Waals surface area contributed by atoms with Gasteiger partial charge in [0.05, 0.1) is 23.7 Å². The molecule has 0 unspecified atom stereocenters. The van der Waals surface area contributed by atoms with Gasteiger partial charge >= 0.3 is 17.9 Å². The topological polar surface area (TPSA) is 104 Å². The minimum absolute atomic E-state index is 0.166. The molecule has 164 valence electrons. The number of epoxide rings is 2. The Kier molecular flexibility index (Phi) is 4.86. The van der Waals surface area contributed by atoms with Crippen molar-refractivity contribution >= 4 is 17.9 Å². The summed E-state index contributed by atoms with van der Waals surface area (Å²) < 4.78 is 28.3. The zero-order chi connectivity index (χ0) is 22.0. The van der Waals surface area contributed by atoms with Crippen LogP contribution in [0.1, 0.15) is 47.5 Å². The first-order valence-electron chi connectivity index (χ1n) is 10.3.